The van der Waals surface area contributed by atoms with Crippen LogP contribution in [0.3, 0.4) is 0 Å². The molecule has 0 saturated heterocycles. The summed E-state index contributed by atoms with van der Waals surface area (Å²) in [4.78, 5) is 17.0. The van der Waals surface area contributed by atoms with Gasteiger partial charge in [0.25, 0.3) is 5.91 Å². The smallest absolute Gasteiger partial charge is 0.255 e. The van der Waals surface area contributed by atoms with Crippen LogP contribution in [0.1, 0.15) is 10.4 Å². The Morgan fingerprint density at radius 3 is 2.50 bits per heavy atom. The van der Waals surface area contributed by atoms with Gasteiger partial charge in [-0.15, -0.1) is 0 Å². The van der Waals surface area contributed by atoms with Crippen LogP contribution in [0.2, 0.25) is 0 Å². The number of pyridine rings is 1. The Morgan fingerprint density at radius 2 is 1.92 bits per heavy atom. The summed E-state index contributed by atoms with van der Waals surface area (Å²) >= 11 is 0. The number of benzene rings is 2. The maximum Gasteiger partial charge on any atom is 0.255 e. The molecule has 0 spiro atoms. The van der Waals surface area contributed by atoms with Gasteiger partial charge in [-0.05, 0) is 42.5 Å². The highest BCUT2D eigenvalue weighted by atomic mass is 32.2. The fourth-order valence-electron chi connectivity index (χ4n) is 3.89. The summed E-state index contributed by atoms with van der Waals surface area (Å²) in [7, 11) is -0.808. The largest absolute Gasteiger partial charge is 0.495 e. The molecule has 4 rings (SSSR count). The topological polar surface area (TPSA) is 134 Å². The second-order valence-electron chi connectivity index (χ2n) is 7.91. The van der Waals surface area contributed by atoms with Crippen LogP contribution >= 0.6 is 0 Å². The van der Waals surface area contributed by atoms with Gasteiger partial charge < -0.3 is 24.9 Å². The number of nitrogens with one attached hydrogen (secondary N) is 2. The molecule has 36 heavy (non-hydrogen) atoms. The zero-order chi connectivity index (χ0) is 25.9. The molecule has 0 fully saturated rings. The molecule has 0 bridgehead atoms. The lowest BCUT2D eigenvalue weighted by Gasteiger charge is -2.23. The molecule has 1 amide bonds. The first kappa shape index (κ1) is 25.0. The molecule has 0 saturated carbocycles. The minimum atomic E-state index is -3.73. The Hall–Kier alpha value is -4.09. The SMILES string of the molecule is CNC(=O)c1c(-c2ccc(Nc3cccnc3)cc2)oc2cc(N(CCO)S(C)(=O)=O)c(OC)cc12. The number of nitrogens with zero attached hydrogens (tertiary/aromatic N) is 2. The van der Waals surface area contributed by atoms with Crippen molar-refractivity contribution in [3.8, 4) is 17.1 Å². The number of fused-ring (bicyclic) bond motifs is 1. The third-order valence-electron chi connectivity index (χ3n) is 5.51. The van der Waals surface area contributed by atoms with Crippen LogP contribution < -0.4 is 19.7 Å². The minimum Gasteiger partial charge on any atom is -0.495 e. The molecule has 0 aliphatic heterocycles. The molecular weight excluding hydrogens is 484 g/mol. The molecule has 0 radical (unpaired) electrons. The van der Waals surface area contributed by atoms with Gasteiger partial charge in [-0.2, -0.15) is 0 Å². The van der Waals surface area contributed by atoms with E-state index in [1.54, 1.807) is 18.5 Å². The Balaban J connectivity index is 1.83. The molecule has 188 valence electrons. The molecule has 4 aromatic rings. The zero-order valence-corrected chi connectivity index (χ0v) is 20.8. The van der Waals surface area contributed by atoms with Gasteiger partial charge in [0, 0.05) is 35.9 Å². The third-order valence-corrected chi connectivity index (χ3v) is 6.69. The minimum absolute atomic E-state index is 0.165. The van der Waals surface area contributed by atoms with Crippen molar-refractivity contribution in [1.82, 2.24) is 10.3 Å². The highest BCUT2D eigenvalue weighted by molar-refractivity contribution is 7.92. The van der Waals surface area contributed by atoms with Crippen LogP contribution in [0.5, 0.6) is 5.75 Å². The van der Waals surface area contributed by atoms with E-state index in [0.29, 0.717) is 27.9 Å². The number of aliphatic hydroxyl groups excluding tert-OH is 1. The Morgan fingerprint density at radius 1 is 1.17 bits per heavy atom. The van der Waals surface area contributed by atoms with Gasteiger partial charge in [-0.1, -0.05) is 0 Å². The molecule has 0 atom stereocenters. The molecule has 2 aromatic heterocycles. The molecule has 0 aliphatic rings. The first-order chi connectivity index (χ1) is 17.3. The summed E-state index contributed by atoms with van der Waals surface area (Å²) in [5.74, 6) is 0.172. The number of sulfonamides is 1. The average molecular weight is 511 g/mol. The number of carbonyl (C=O) groups is 1. The van der Waals surface area contributed by atoms with Gasteiger partial charge in [0.1, 0.15) is 17.1 Å². The fourth-order valence-corrected chi connectivity index (χ4v) is 4.80. The van der Waals surface area contributed by atoms with Crippen molar-refractivity contribution in [1.29, 1.82) is 0 Å². The second kappa shape index (κ2) is 10.3. The van der Waals surface area contributed by atoms with E-state index in [2.05, 4.69) is 15.6 Å². The highest BCUT2D eigenvalue weighted by Gasteiger charge is 2.27. The lowest BCUT2D eigenvalue weighted by molar-refractivity contribution is 0.0964. The van der Waals surface area contributed by atoms with Crippen molar-refractivity contribution in [2.24, 2.45) is 0 Å². The standard InChI is InChI=1S/C25H26N4O6S/c1-26-25(31)23-19-13-22(34-2)20(29(11-12-30)36(3,32)33)14-21(19)35-24(23)16-6-8-17(9-7-16)28-18-5-4-10-27-15-18/h4-10,13-15,28,30H,11-12H2,1-3H3,(H,26,31). The number of anilines is 3. The van der Waals surface area contributed by atoms with Crippen LogP contribution in [-0.4, -0.2) is 58.0 Å². The van der Waals surface area contributed by atoms with Crippen LogP contribution in [0, 0.1) is 0 Å². The number of furan rings is 1. The van der Waals surface area contributed by atoms with E-state index in [-0.39, 0.29) is 30.5 Å². The molecule has 11 heteroatoms. The number of aliphatic hydroxyl groups is 1. The fraction of sp³-hybridized carbons (Fsp3) is 0.200. The van der Waals surface area contributed by atoms with Gasteiger partial charge in [-0.3, -0.25) is 14.1 Å². The van der Waals surface area contributed by atoms with Gasteiger partial charge >= 0.3 is 0 Å². The summed E-state index contributed by atoms with van der Waals surface area (Å²) in [6.45, 7) is -0.553. The molecule has 2 aromatic carbocycles. The van der Waals surface area contributed by atoms with Gasteiger partial charge in [0.15, 0.2) is 0 Å². The van der Waals surface area contributed by atoms with Crippen molar-refractivity contribution in [2.75, 3.05) is 43.2 Å². The molecule has 10 nitrogen and oxygen atoms in total. The molecule has 0 unspecified atom stereocenters. The number of ether oxygens (including phenoxy) is 1. The quantitative estimate of drug-likeness (QED) is 0.312. The highest BCUT2D eigenvalue weighted by Crippen LogP contribution is 2.41. The first-order valence-corrected chi connectivity index (χ1v) is 12.8. The van der Waals surface area contributed by atoms with E-state index in [9.17, 15) is 18.3 Å². The number of hydrogen-bond acceptors (Lipinski definition) is 8. The monoisotopic (exact) mass is 510 g/mol. The lowest BCUT2D eigenvalue weighted by Crippen LogP contribution is -2.32. The van der Waals surface area contributed by atoms with Gasteiger partial charge in [0.05, 0.1) is 49.7 Å². The van der Waals surface area contributed by atoms with Crippen molar-refractivity contribution in [3.05, 3.63) is 66.5 Å². The predicted octanol–water partition coefficient (Wildman–Crippen LogP) is 3.36. The Bertz CT molecular complexity index is 1480. The number of carbonyl (C=O) groups excluding carboxylic acids is 1. The summed E-state index contributed by atoms with van der Waals surface area (Å²) in [6.07, 6.45) is 4.44. The number of rotatable bonds is 9. The number of hydrogen-bond donors (Lipinski definition) is 3. The summed E-state index contributed by atoms with van der Waals surface area (Å²) < 4.78 is 37.4. The molecule has 3 N–H and O–H groups in total. The van der Waals surface area contributed by atoms with E-state index in [0.717, 1.165) is 21.9 Å². The second-order valence-corrected chi connectivity index (χ2v) is 9.82. The zero-order valence-electron chi connectivity index (χ0n) is 20.0. The number of methoxy groups -OCH3 is 1. The van der Waals surface area contributed by atoms with Crippen LogP contribution in [0.15, 0.2) is 65.3 Å². The summed E-state index contributed by atoms with van der Waals surface area (Å²) in [6, 6.07) is 14.1. The van der Waals surface area contributed by atoms with E-state index >= 15 is 0 Å². The van der Waals surface area contributed by atoms with Crippen LogP contribution in [-0.2, 0) is 10.0 Å². The third kappa shape index (κ3) is 4.97. The van der Waals surface area contributed by atoms with E-state index < -0.39 is 10.0 Å². The average Bonchev–Trinajstić information content (AvgIpc) is 3.24. The maximum absolute atomic E-state index is 12.9. The van der Waals surface area contributed by atoms with E-state index in [1.807, 2.05) is 36.4 Å². The first-order valence-electron chi connectivity index (χ1n) is 11.0. The van der Waals surface area contributed by atoms with Crippen molar-refractivity contribution in [2.45, 2.75) is 0 Å². The molecular formula is C25H26N4O6S. The summed E-state index contributed by atoms with van der Waals surface area (Å²) in [5.41, 5.74) is 3.08. The van der Waals surface area contributed by atoms with Gasteiger partial charge in [0.2, 0.25) is 10.0 Å². The Kier molecular flexibility index (Phi) is 7.13. The van der Waals surface area contributed by atoms with Crippen LogP contribution in [0.4, 0.5) is 17.1 Å². The van der Waals surface area contributed by atoms with Gasteiger partial charge in [-0.25, -0.2) is 8.42 Å². The molecule has 2 heterocycles. The van der Waals surface area contributed by atoms with Crippen molar-refractivity contribution >= 4 is 44.0 Å². The lowest BCUT2D eigenvalue weighted by atomic mass is 10.0. The number of amides is 1. The molecule has 0 aliphatic carbocycles. The van der Waals surface area contributed by atoms with E-state index in [4.69, 9.17) is 9.15 Å². The maximum atomic E-state index is 12.9. The van der Waals surface area contributed by atoms with Crippen molar-refractivity contribution < 1.29 is 27.5 Å². The van der Waals surface area contributed by atoms with Crippen LogP contribution in [0.25, 0.3) is 22.3 Å². The normalized spacial score (nSPS) is 11.3. The Labute approximate surface area is 208 Å². The predicted molar refractivity (Wildman–Crippen MR) is 138 cm³/mol. The van der Waals surface area contributed by atoms with Crippen molar-refractivity contribution in [3.63, 3.8) is 0 Å². The number of aromatic nitrogens is 1. The van der Waals surface area contributed by atoms with E-state index in [1.165, 1.54) is 20.2 Å². The summed E-state index contributed by atoms with van der Waals surface area (Å²) in [5, 5.41) is 15.8.